The summed E-state index contributed by atoms with van der Waals surface area (Å²) in [5.41, 5.74) is 4.10. The first-order chi connectivity index (χ1) is 12.9. The number of aromatic nitrogens is 1. The van der Waals surface area contributed by atoms with Crippen LogP contribution >= 0.6 is 23.1 Å². The van der Waals surface area contributed by atoms with Crippen molar-refractivity contribution in [2.24, 2.45) is 0 Å². The molecule has 0 radical (unpaired) electrons. The fourth-order valence-corrected chi connectivity index (χ4v) is 4.66. The van der Waals surface area contributed by atoms with Crippen molar-refractivity contribution in [2.75, 3.05) is 38.3 Å². The van der Waals surface area contributed by atoms with E-state index in [0.29, 0.717) is 6.54 Å². The summed E-state index contributed by atoms with van der Waals surface area (Å²) < 4.78 is 1.15. The van der Waals surface area contributed by atoms with E-state index in [2.05, 4.69) is 30.9 Å². The van der Waals surface area contributed by atoms with Crippen molar-refractivity contribution >= 4 is 44.4 Å². The smallest absolute Gasteiger partial charge is 0.261 e. The van der Waals surface area contributed by atoms with Crippen LogP contribution in [0.3, 0.4) is 0 Å². The molecule has 3 rings (SSSR count). The molecule has 0 aliphatic carbocycles. The van der Waals surface area contributed by atoms with Crippen LogP contribution in [0.1, 0.15) is 21.5 Å². The molecule has 4 nitrogen and oxygen atoms in total. The zero-order chi connectivity index (χ0) is 19.6. The topological polar surface area (TPSA) is 36.4 Å². The van der Waals surface area contributed by atoms with Gasteiger partial charge in [0.1, 0.15) is 0 Å². The van der Waals surface area contributed by atoms with E-state index in [1.165, 1.54) is 11.1 Å². The molecule has 0 atom stereocenters. The predicted molar refractivity (Wildman–Crippen MR) is 118 cm³/mol. The molecule has 0 fully saturated rings. The fraction of sp³-hybridized carbons (Fsp3) is 0.333. The lowest BCUT2D eigenvalue weighted by Crippen LogP contribution is -2.37. The normalized spacial score (nSPS) is 11.3. The van der Waals surface area contributed by atoms with Crippen LogP contribution in [0.5, 0.6) is 0 Å². The highest BCUT2D eigenvalue weighted by molar-refractivity contribution is 7.98. The summed E-state index contributed by atoms with van der Waals surface area (Å²) in [6.45, 7) is 5.56. The molecular formula is C21H25N3OS2. The number of benzene rings is 2. The Morgan fingerprint density at radius 3 is 2.59 bits per heavy atom. The maximum Gasteiger partial charge on any atom is 0.261 e. The van der Waals surface area contributed by atoms with Gasteiger partial charge in [0.25, 0.3) is 5.91 Å². The lowest BCUT2D eigenvalue weighted by Gasteiger charge is -2.22. The van der Waals surface area contributed by atoms with Crippen molar-refractivity contribution in [3.63, 3.8) is 0 Å². The Bertz CT molecular complexity index is 965. The van der Waals surface area contributed by atoms with Gasteiger partial charge in [0, 0.05) is 18.0 Å². The summed E-state index contributed by atoms with van der Waals surface area (Å²) in [5.74, 6) is 0.00947. The van der Waals surface area contributed by atoms with E-state index in [-0.39, 0.29) is 5.91 Å². The second-order valence-corrected chi connectivity index (χ2v) is 8.71. The van der Waals surface area contributed by atoms with Crippen molar-refractivity contribution in [2.45, 2.75) is 18.7 Å². The van der Waals surface area contributed by atoms with Gasteiger partial charge in [-0.3, -0.25) is 9.69 Å². The summed E-state index contributed by atoms with van der Waals surface area (Å²) in [6, 6.07) is 12.0. The number of likely N-dealkylation sites (N-methyl/N-ethyl adjacent to an activating group) is 1. The number of carbonyl (C=O) groups excluding carboxylic acids is 1. The Morgan fingerprint density at radius 1 is 1.15 bits per heavy atom. The number of amides is 1. The molecule has 6 heteroatoms. The van der Waals surface area contributed by atoms with Gasteiger partial charge < -0.3 is 4.90 Å². The van der Waals surface area contributed by atoms with E-state index >= 15 is 0 Å². The minimum absolute atomic E-state index is 0.00947. The number of carbonyl (C=O) groups is 1. The number of rotatable bonds is 6. The maximum atomic E-state index is 13.4. The van der Waals surface area contributed by atoms with Crippen LogP contribution in [-0.2, 0) is 0 Å². The SMILES string of the molecule is CSc1ccccc1C(=O)N(CCN(C)C)c1nc2cc(C)cc(C)c2s1. The molecule has 142 valence electrons. The molecule has 2 aromatic carbocycles. The summed E-state index contributed by atoms with van der Waals surface area (Å²) in [7, 11) is 4.04. The van der Waals surface area contributed by atoms with Crippen molar-refractivity contribution in [3.05, 3.63) is 53.1 Å². The van der Waals surface area contributed by atoms with Gasteiger partial charge in [-0.15, -0.1) is 11.8 Å². The molecule has 1 heterocycles. The number of hydrogen-bond acceptors (Lipinski definition) is 5. The molecule has 0 saturated carbocycles. The standard InChI is InChI=1S/C21H25N3OS2/c1-14-12-15(2)19-17(13-14)22-21(27-19)24(11-10-23(3)4)20(25)16-8-6-7-9-18(16)26-5/h6-9,12-13H,10-11H2,1-5H3. The van der Waals surface area contributed by atoms with Gasteiger partial charge in [0.2, 0.25) is 0 Å². The maximum absolute atomic E-state index is 13.4. The predicted octanol–water partition coefficient (Wildman–Crippen LogP) is 4.84. The largest absolute Gasteiger partial charge is 0.308 e. The number of fused-ring (bicyclic) bond motifs is 1. The average molecular weight is 400 g/mol. The molecule has 0 aliphatic rings. The monoisotopic (exact) mass is 399 g/mol. The summed E-state index contributed by atoms with van der Waals surface area (Å²) >= 11 is 3.19. The molecule has 3 aromatic rings. The Labute approximate surface area is 169 Å². The Balaban J connectivity index is 2.06. The van der Waals surface area contributed by atoms with Crippen molar-refractivity contribution in [1.29, 1.82) is 0 Å². The van der Waals surface area contributed by atoms with Crippen LogP contribution < -0.4 is 4.90 Å². The van der Waals surface area contributed by atoms with Gasteiger partial charge in [0.15, 0.2) is 5.13 Å². The number of thiazole rings is 1. The molecule has 1 amide bonds. The molecular weight excluding hydrogens is 374 g/mol. The first kappa shape index (κ1) is 19.9. The average Bonchev–Trinajstić information content (AvgIpc) is 3.05. The van der Waals surface area contributed by atoms with Gasteiger partial charge in [-0.05, 0) is 63.5 Å². The van der Waals surface area contributed by atoms with Crippen LogP contribution in [0.25, 0.3) is 10.2 Å². The van der Waals surface area contributed by atoms with E-state index in [9.17, 15) is 4.79 Å². The van der Waals surface area contributed by atoms with Gasteiger partial charge in [-0.25, -0.2) is 4.98 Å². The minimum Gasteiger partial charge on any atom is -0.308 e. The van der Waals surface area contributed by atoms with E-state index in [0.717, 1.165) is 32.4 Å². The van der Waals surface area contributed by atoms with Crippen LogP contribution in [0.15, 0.2) is 41.3 Å². The number of nitrogens with zero attached hydrogens (tertiary/aromatic N) is 3. The molecule has 0 spiro atoms. The quantitative estimate of drug-likeness (QED) is 0.556. The second-order valence-electron chi connectivity index (χ2n) is 6.89. The van der Waals surface area contributed by atoms with Crippen LogP contribution in [0.4, 0.5) is 5.13 Å². The van der Waals surface area contributed by atoms with E-state index in [1.54, 1.807) is 23.1 Å². The van der Waals surface area contributed by atoms with E-state index < -0.39 is 0 Å². The molecule has 0 saturated heterocycles. The lowest BCUT2D eigenvalue weighted by atomic mass is 10.1. The van der Waals surface area contributed by atoms with Gasteiger partial charge in [-0.1, -0.05) is 29.5 Å². The van der Waals surface area contributed by atoms with Gasteiger partial charge in [0.05, 0.1) is 15.8 Å². The molecule has 27 heavy (non-hydrogen) atoms. The Kier molecular flexibility index (Phi) is 6.19. The van der Waals surface area contributed by atoms with Crippen molar-refractivity contribution in [1.82, 2.24) is 9.88 Å². The van der Waals surface area contributed by atoms with Gasteiger partial charge >= 0.3 is 0 Å². The third-order valence-electron chi connectivity index (χ3n) is 4.39. The first-order valence-electron chi connectivity index (χ1n) is 8.88. The highest BCUT2D eigenvalue weighted by Gasteiger charge is 2.23. The van der Waals surface area contributed by atoms with Crippen LogP contribution in [0.2, 0.25) is 0 Å². The lowest BCUT2D eigenvalue weighted by molar-refractivity contribution is 0.0982. The fourth-order valence-electron chi connectivity index (χ4n) is 3.03. The van der Waals surface area contributed by atoms with E-state index in [1.807, 2.05) is 49.5 Å². The third kappa shape index (κ3) is 4.34. The molecule has 0 N–H and O–H groups in total. The minimum atomic E-state index is 0.00947. The number of hydrogen-bond donors (Lipinski definition) is 0. The summed E-state index contributed by atoms with van der Waals surface area (Å²) in [4.78, 5) is 23.1. The van der Waals surface area contributed by atoms with Crippen LogP contribution in [0, 0.1) is 13.8 Å². The third-order valence-corrected chi connectivity index (χ3v) is 6.42. The molecule has 0 aliphatic heterocycles. The first-order valence-corrected chi connectivity index (χ1v) is 10.9. The van der Waals surface area contributed by atoms with Crippen molar-refractivity contribution < 1.29 is 4.79 Å². The highest BCUT2D eigenvalue weighted by atomic mass is 32.2. The summed E-state index contributed by atoms with van der Waals surface area (Å²) in [5, 5.41) is 0.765. The number of anilines is 1. The Morgan fingerprint density at radius 2 is 1.89 bits per heavy atom. The van der Waals surface area contributed by atoms with E-state index in [4.69, 9.17) is 4.98 Å². The van der Waals surface area contributed by atoms with Gasteiger partial charge in [-0.2, -0.15) is 0 Å². The summed E-state index contributed by atoms with van der Waals surface area (Å²) in [6.07, 6.45) is 2.00. The van der Waals surface area contributed by atoms with Crippen molar-refractivity contribution in [3.8, 4) is 0 Å². The highest BCUT2D eigenvalue weighted by Crippen LogP contribution is 2.33. The molecule has 0 bridgehead atoms. The molecule has 1 aromatic heterocycles. The number of aryl methyl sites for hydroxylation is 2. The molecule has 0 unspecified atom stereocenters. The second kappa shape index (κ2) is 8.42. The van der Waals surface area contributed by atoms with Crippen LogP contribution in [-0.4, -0.2) is 49.2 Å². The number of thioether (sulfide) groups is 1. The zero-order valence-electron chi connectivity index (χ0n) is 16.4. The Hall–Kier alpha value is -1.89. The zero-order valence-corrected chi connectivity index (χ0v) is 18.1.